The number of hydrogen-bond acceptors (Lipinski definition) is 2. The zero-order valence-corrected chi connectivity index (χ0v) is 18.3. The quantitative estimate of drug-likeness (QED) is 0.502. The lowest BCUT2D eigenvalue weighted by Gasteiger charge is -2.37. The van der Waals surface area contributed by atoms with Gasteiger partial charge in [-0.2, -0.15) is 13.2 Å². The van der Waals surface area contributed by atoms with Gasteiger partial charge in [0.2, 0.25) is 5.91 Å². The van der Waals surface area contributed by atoms with Gasteiger partial charge < -0.3 is 10.4 Å². The van der Waals surface area contributed by atoms with Crippen molar-refractivity contribution in [2.45, 2.75) is 63.5 Å². The van der Waals surface area contributed by atoms with Crippen LogP contribution in [0.2, 0.25) is 0 Å². The molecule has 1 unspecified atom stereocenters. The fraction of sp³-hybridized carbons (Fsp3) is 0.462. The number of amides is 1. The Hall–Kier alpha value is -2.83. The van der Waals surface area contributed by atoms with Crippen LogP contribution in [0.3, 0.4) is 0 Å². The molecule has 2 aliphatic rings. The second kappa shape index (κ2) is 9.20. The standard InChI is InChI=1S/C26H28F3NO3/c27-26(28,29)20-11-9-19(10-12-20)22(18-6-1-2-7-18)23(31)30-21-8-3-5-17(15-21)16-25(24(32)33)13-4-14-25/h3,5,8-12,15,18,22H,1-2,4,6-7,13-14,16H2,(H,30,31)(H,32,33). The van der Waals surface area contributed by atoms with Crippen molar-refractivity contribution in [2.75, 3.05) is 5.32 Å². The summed E-state index contributed by atoms with van der Waals surface area (Å²) < 4.78 is 39.0. The van der Waals surface area contributed by atoms with E-state index in [1.54, 1.807) is 18.2 Å². The van der Waals surface area contributed by atoms with Crippen molar-refractivity contribution in [1.29, 1.82) is 0 Å². The summed E-state index contributed by atoms with van der Waals surface area (Å²) in [4.78, 5) is 25.0. The van der Waals surface area contributed by atoms with Crippen LogP contribution >= 0.6 is 0 Å². The van der Waals surface area contributed by atoms with Crippen LogP contribution in [0.4, 0.5) is 18.9 Å². The molecule has 1 amide bonds. The maximum Gasteiger partial charge on any atom is 0.416 e. The lowest BCUT2D eigenvalue weighted by atomic mass is 9.65. The Morgan fingerprint density at radius 1 is 1.03 bits per heavy atom. The third-order valence-electron chi connectivity index (χ3n) is 7.25. The van der Waals surface area contributed by atoms with E-state index in [0.717, 1.165) is 49.8 Å². The Kier molecular flexibility index (Phi) is 6.50. The molecule has 0 aromatic heterocycles. The van der Waals surface area contributed by atoms with E-state index in [0.29, 0.717) is 30.5 Å². The van der Waals surface area contributed by atoms with E-state index in [1.165, 1.54) is 12.1 Å². The molecule has 2 saturated carbocycles. The van der Waals surface area contributed by atoms with Gasteiger partial charge in [0.15, 0.2) is 0 Å². The zero-order valence-electron chi connectivity index (χ0n) is 18.3. The number of nitrogens with one attached hydrogen (secondary N) is 1. The van der Waals surface area contributed by atoms with E-state index >= 15 is 0 Å². The summed E-state index contributed by atoms with van der Waals surface area (Å²) >= 11 is 0. The maximum atomic E-state index is 13.3. The summed E-state index contributed by atoms with van der Waals surface area (Å²) in [6.07, 6.45) is 1.92. The topological polar surface area (TPSA) is 66.4 Å². The molecule has 7 heteroatoms. The van der Waals surface area contributed by atoms with Gasteiger partial charge in [-0.25, -0.2) is 0 Å². The van der Waals surface area contributed by atoms with Gasteiger partial charge >= 0.3 is 12.1 Å². The SMILES string of the molecule is O=C(Nc1cccc(CC2(C(=O)O)CCC2)c1)C(c1ccc(C(F)(F)F)cc1)C1CCCC1. The number of aliphatic carboxylic acids is 1. The summed E-state index contributed by atoms with van der Waals surface area (Å²) in [6.45, 7) is 0. The lowest BCUT2D eigenvalue weighted by Crippen LogP contribution is -2.39. The highest BCUT2D eigenvalue weighted by Gasteiger charge is 2.44. The summed E-state index contributed by atoms with van der Waals surface area (Å²) in [6, 6.07) is 12.1. The molecule has 176 valence electrons. The highest BCUT2D eigenvalue weighted by Crippen LogP contribution is 2.44. The van der Waals surface area contributed by atoms with Gasteiger partial charge in [0.1, 0.15) is 0 Å². The molecule has 2 N–H and O–H groups in total. The van der Waals surface area contributed by atoms with E-state index in [1.807, 2.05) is 6.07 Å². The largest absolute Gasteiger partial charge is 0.481 e. The van der Waals surface area contributed by atoms with E-state index in [2.05, 4.69) is 5.32 Å². The zero-order chi connectivity index (χ0) is 23.6. The number of hydrogen-bond donors (Lipinski definition) is 2. The molecule has 0 bridgehead atoms. The van der Waals surface area contributed by atoms with E-state index in [9.17, 15) is 27.9 Å². The van der Waals surface area contributed by atoms with Crippen LogP contribution < -0.4 is 5.32 Å². The van der Waals surface area contributed by atoms with Crippen LogP contribution in [-0.2, 0) is 22.2 Å². The number of alkyl halides is 3. The lowest BCUT2D eigenvalue weighted by molar-refractivity contribution is -0.154. The fourth-order valence-electron chi connectivity index (χ4n) is 5.25. The number of anilines is 1. The molecule has 2 aliphatic carbocycles. The molecular weight excluding hydrogens is 431 g/mol. The number of carbonyl (C=O) groups is 2. The van der Waals surface area contributed by atoms with Crippen LogP contribution in [0.15, 0.2) is 48.5 Å². The highest BCUT2D eigenvalue weighted by molar-refractivity contribution is 5.96. The first-order valence-electron chi connectivity index (χ1n) is 11.5. The van der Waals surface area contributed by atoms with Crippen molar-refractivity contribution in [3.8, 4) is 0 Å². The molecule has 0 spiro atoms. The molecule has 0 aliphatic heterocycles. The summed E-state index contributed by atoms with van der Waals surface area (Å²) in [5, 5.41) is 12.6. The van der Waals surface area contributed by atoms with Crippen LogP contribution in [0.25, 0.3) is 0 Å². The Balaban J connectivity index is 1.53. The monoisotopic (exact) mass is 459 g/mol. The molecular formula is C26H28F3NO3. The Morgan fingerprint density at radius 2 is 1.70 bits per heavy atom. The van der Waals surface area contributed by atoms with Crippen molar-refractivity contribution in [2.24, 2.45) is 11.3 Å². The van der Waals surface area contributed by atoms with Gasteiger partial charge in [0.25, 0.3) is 0 Å². The molecule has 4 nitrogen and oxygen atoms in total. The predicted octanol–water partition coefficient (Wildman–Crippen LogP) is 6.42. The molecule has 0 heterocycles. The summed E-state index contributed by atoms with van der Waals surface area (Å²) in [7, 11) is 0. The minimum atomic E-state index is -4.42. The molecule has 2 aromatic carbocycles. The van der Waals surface area contributed by atoms with Gasteiger partial charge in [0.05, 0.1) is 16.9 Å². The van der Waals surface area contributed by atoms with Crippen molar-refractivity contribution in [3.05, 3.63) is 65.2 Å². The number of benzene rings is 2. The average Bonchev–Trinajstić information content (AvgIpc) is 3.25. The number of carboxylic acids is 1. The summed E-state index contributed by atoms with van der Waals surface area (Å²) in [5.41, 5.74) is 0.555. The first kappa shape index (κ1) is 23.3. The molecule has 0 radical (unpaired) electrons. The van der Waals surface area contributed by atoms with Gasteiger partial charge in [-0.1, -0.05) is 43.5 Å². The Labute approximate surface area is 191 Å². The van der Waals surface area contributed by atoms with Crippen LogP contribution in [-0.4, -0.2) is 17.0 Å². The summed E-state index contributed by atoms with van der Waals surface area (Å²) in [5.74, 6) is -1.48. The van der Waals surface area contributed by atoms with Crippen molar-refractivity contribution >= 4 is 17.6 Å². The first-order valence-corrected chi connectivity index (χ1v) is 11.5. The van der Waals surface area contributed by atoms with E-state index in [4.69, 9.17) is 0 Å². The number of carbonyl (C=O) groups excluding carboxylic acids is 1. The average molecular weight is 460 g/mol. The minimum absolute atomic E-state index is 0.0789. The number of carboxylic acid groups (broad SMARTS) is 1. The van der Waals surface area contributed by atoms with Gasteiger partial charge in [-0.15, -0.1) is 0 Å². The Bertz CT molecular complexity index is 1010. The number of halogens is 3. The normalized spacial score (nSPS) is 19.0. The van der Waals surface area contributed by atoms with Crippen LogP contribution in [0, 0.1) is 11.3 Å². The molecule has 4 rings (SSSR count). The third kappa shape index (κ3) is 5.07. The predicted molar refractivity (Wildman–Crippen MR) is 119 cm³/mol. The molecule has 0 saturated heterocycles. The maximum absolute atomic E-state index is 13.3. The van der Waals surface area contributed by atoms with Crippen molar-refractivity contribution in [1.82, 2.24) is 0 Å². The third-order valence-corrected chi connectivity index (χ3v) is 7.25. The Morgan fingerprint density at radius 3 is 2.24 bits per heavy atom. The van der Waals surface area contributed by atoms with E-state index in [-0.39, 0.29) is 11.8 Å². The second-order valence-electron chi connectivity index (χ2n) is 9.45. The molecule has 2 fully saturated rings. The smallest absolute Gasteiger partial charge is 0.416 e. The van der Waals surface area contributed by atoms with Gasteiger partial charge in [-0.05, 0) is 73.4 Å². The minimum Gasteiger partial charge on any atom is -0.481 e. The fourth-order valence-corrected chi connectivity index (χ4v) is 5.25. The van der Waals surface area contributed by atoms with E-state index < -0.39 is 29.0 Å². The van der Waals surface area contributed by atoms with Gasteiger partial charge in [-0.3, -0.25) is 9.59 Å². The molecule has 2 aromatic rings. The second-order valence-corrected chi connectivity index (χ2v) is 9.45. The van der Waals surface area contributed by atoms with Crippen molar-refractivity contribution < 1.29 is 27.9 Å². The molecule has 33 heavy (non-hydrogen) atoms. The van der Waals surface area contributed by atoms with Crippen LogP contribution in [0.1, 0.15) is 67.6 Å². The van der Waals surface area contributed by atoms with Crippen LogP contribution in [0.5, 0.6) is 0 Å². The van der Waals surface area contributed by atoms with Crippen molar-refractivity contribution in [3.63, 3.8) is 0 Å². The number of rotatable bonds is 7. The molecule has 1 atom stereocenters. The van der Waals surface area contributed by atoms with Gasteiger partial charge in [0, 0.05) is 5.69 Å². The highest BCUT2D eigenvalue weighted by atomic mass is 19.4. The first-order chi connectivity index (χ1) is 15.7.